The van der Waals surface area contributed by atoms with Crippen molar-refractivity contribution in [2.45, 2.75) is 53.0 Å². The first kappa shape index (κ1) is 10.6. The van der Waals surface area contributed by atoms with Gasteiger partial charge in [0, 0.05) is 12.6 Å². The summed E-state index contributed by atoms with van der Waals surface area (Å²) in [5.74, 6) is 0.424. The fourth-order valence-corrected chi connectivity index (χ4v) is 1.96. The van der Waals surface area contributed by atoms with Crippen molar-refractivity contribution >= 4 is 5.91 Å². The maximum atomic E-state index is 11.7. The van der Waals surface area contributed by atoms with E-state index < -0.39 is 0 Å². The van der Waals surface area contributed by atoms with Crippen molar-refractivity contribution in [3.8, 4) is 0 Å². The molecule has 0 aromatic rings. The zero-order valence-corrected chi connectivity index (χ0v) is 9.26. The van der Waals surface area contributed by atoms with Crippen molar-refractivity contribution in [2.24, 2.45) is 5.41 Å². The molecule has 2 aliphatic rings. The zero-order valence-electron chi connectivity index (χ0n) is 9.26. The van der Waals surface area contributed by atoms with E-state index in [2.05, 4.69) is 13.8 Å². The summed E-state index contributed by atoms with van der Waals surface area (Å²) < 4.78 is 0. The van der Waals surface area contributed by atoms with Crippen LogP contribution in [0.2, 0.25) is 0 Å². The van der Waals surface area contributed by atoms with Crippen LogP contribution in [0.25, 0.3) is 0 Å². The highest BCUT2D eigenvalue weighted by molar-refractivity contribution is 5.87. The van der Waals surface area contributed by atoms with Crippen LogP contribution in [0, 0.1) is 5.41 Å². The Balaban J connectivity index is 0.000000396. The number of hydrogen-bond donors (Lipinski definition) is 0. The van der Waals surface area contributed by atoms with Crippen molar-refractivity contribution in [2.75, 3.05) is 6.54 Å². The fourth-order valence-electron chi connectivity index (χ4n) is 1.96. The third-order valence-electron chi connectivity index (χ3n) is 3.02. The first-order chi connectivity index (χ1) is 6.16. The van der Waals surface area contributed by atoms with Crippen molar-refractivity contribution in [3.05, 3.63) is 0 Å². The molecule has 0 aromatic heterocycles. The molecule has 0 radical (unpaired) electrons. The highest BCUT2D eigenvalue weighted by Crippen LogP contribution is 2.53. The zero-order chi connectivity index (χ0) is 10.1. The van der Waals surface area contributed by atoms with E-state index >= 15 is 0 Å². The Morgan fingerprint density at radius 1 is 1.23 bits per heavy atom. The summed E-state index contributed by atoms with van der Waals surface area (Å²) in [5.41, 5.74) is 0.143. The predicted molar refractivity (Wildman–Crippen MR) is 54.5 cm³/mol. The Kier molecular flexibility index (Phi) is 2.99. The maximum Gasteiger partial charge on any atom is 0.229 e. The number of likely N-dealkylation sites (tertiary alicyclic amines) is 1. The number of rotatable bonds is 1. The van der Waals surface area contributed by atoms with Gasteiger partial charge in [0.05, 0.1) is 5.41 Å². The Morgan fingerprint density at radius 3 is 2.00 bits per heavy atom. The van der Waals surface area contributed by atoms with Gasteiger partial charge in [0.25, 0.3) is 0 Å². The van der Waals surface area contributed by atoms with E-state index in [4.69, 9.17) is 0 Å². The monoisotopic (exact) mass is 183 g/mol. The lowest BCUT2D eigenvalue weighted by atomic mass is 10.1. The van der Waals surface area contributed by atoms with Gasteiger partial charge in [-0.2, -0.15) is 0 Å². The van der Waals surface area contributed by atoms with Gasteiger partial charge >= 0.3 is 0 Å². The summed E-state index contributed by atoms with van der Waals surface area (Å²) in [7, 11) is 0. The lowest BCUT2D eigenvalue weighted by molar-refractivity contribution is -0.133. The van der Waals surface area contributed by atoms with Crippen molar-refractivity contribution in [1.29, 1.82) is 0 Å². The lowest BCUT2D eigenvalue weighted by Gasteiger charge is -2.20. The molecule has 76 valence electrons. The average Bonchev–Trinajstić information content (AvgIpc) is 2.81. The molecular formula is C11H21NO. The molecule has 1 saturated heterocycles. The third-order valence-corrected chi connectivity index (χ3v) is 3.02. The van der Waals surface area contributed by atoms with Gasteiger partial charge in [-0.15, -0.1) is 0 Å². The lowest BCUT2D eigenvalue weighted by Crippen LogP contribution is -2.33. The van der Waals surface area contributed by atoms with Crippen LogP contribution in [-0.2, 0) is 4.79 Å². The molecule has 2 fully saturated rings. The van der Waals surface area contributed by atoms with Gasteiger partial charge in [0.1, 0.15) is 0 Å². The molecule has 1 heterocycles. The molecule has 0 atom stereocenters. The van der Waals surface area contributed by atoms with Crippen LogP contribution in [0.3, 0.4) is 0 Å². The van der Waals surface area contributed by atoms with Gasteiger partial charge in [-0.05, 0) is 33.1 Å². The largest absolute Gasteiger partial charge is 0.340 e. The van der Waals surface area contributed by atoms with Gasteiger partial charge in [0.15, 0.2) is 0 Å². The van der Waals surface area contributed by atoms with Crippen LogP contribution in [-0.4, -0.2) is 23.4 Å². The van der Waals surface area contributed by atoms with E-state index in [9.17, 15) is 4.79 Å². The van der Waals surface area contributed by atoms with Crippen LogP contribution in [0.5, 0.6) is 0 Å². The molecular weight excluding hydrogens is 162 g/mol. The molecule has 0 unspecified atom stereocenters. The molecule has 2 heteroatoms. The Morgan fingerprint density at radius 2 is 1.77 bits per heavy atom. The number of amides is 1. The van der Waals surface area contributed by atoms with Crippen LogP contribution in [0.15, 0.2) is 0 Å². The number of nitrogens with zero attached hydrogens (tertiary/aromatic N) is 1. The number of carbonyl (C=O) groups excluding carboxylic acids is 1. The number of hydrogen-bond acceptors (Lipinski definition) is 1. The molecule has 2 rings (SSSR count). The van der Waals surface area contributed by atoms with E-state index in [1.807, 2.05) is 18.7 Å². The van der Waals surface area contributed by atoms with Crippen molar-refractivity contribution in [1.82, 2.24) is 4.90 Å². The molecule has 13 heavy (non-hydrogen) atoms. The van der Waals surface area contributed by atoms with E-state index in [1.165, 1.54) is 0 Å². The van der Waals surface area contributed by atoms with Crippen molar-refractivity contribution in [3.63, 3.8) is 0 Å². The maximum absolute atomic E-state index is 11.7. The highest BCUT2D eigenvalue weighted by Gasteiger charge is 2.55. The van der Waals surface area contributed by atoms with Gasteiger partial charge in [-0.3, -0.25) is 4.79 Å². The standard InChI is InChI=1S/C9H15NO.C2H6/c1-7(2)10-6-5-9(3-4-9)8(10)11;1-2/h7H,3-6H2,1-2H3;1-2H3. The average molecular weight is 183 g/mol. The van der Waals surface area contributed by atoms with E-state index in [0.29, 0.717) is 11.9 Å². The van der Waals surface area contributed by atoms with E-state index in [1.54, 1.807) is 0 Å². The fraction of sp³-hybridized carbons (Fsp3) is 0.909. The molecule has 0 aromatic carbocycles. The molecule has 2 nitrogen and oxygen atoms in total. The minimum Gasteiger partial charge on any atom is -0.340 e. The summed E-state index contributed by atoms with van der Waals surface area (Å²) >= 11 is 0. The molecule has 1 aliphatic carbocycles. The number of carbonyl (C=O) groups is 1. The Labute approximate surface area is 81.3 Å². The van der Waals surface area contributed by atoms with Crippen LogP contribution in [0.1, 0.15) is 47.0 Å². The van der Waals surface area contributed by atoms with Crippen LogP contribution >= 0.6 is 0 Å². The van der Waals surface area contributed by atoms with E-state index in [-0.39, 0.29) is 5.41 Å². The third kappa shape index (κ3) is 1.72. The summed E-state index contributed by atoms with van der Waals surface area (Å²) in [6.45, 7) is 9.19. The molecule has 1 amide bonds. The quantitative estimate of drug-likeness (QED) is 0.611. The second-order valence-electron chi connectivity index (χ2n) is 4.12. The van der Waals surface area contributed by atoms with Gasteiger partial charge in [-0.1, -0.05) is 13.8 Å². The summed E-state index contributed by atoms with van der Waals surface area (Å²) in [4.78, 5) is 13.7. The van der Waals surface area contributed by atoms with Gasteiger partial charge in [0.2, 0.25) is 5.91 Å². The second kappa shape index (κ2) is 3.69. The summed E-state index contributed by atoms with van der Waals surface area (Å²) in [5, 5.41) is 0. The normalized spacial score (nSPS) is 23.5. The molecule has 0 N–H and O–H groups in total. The SMILES string of the molecule is CC.CC(C)N1CCC2(CC2)C1=O. The van der Waals surface area contributed by atoms with Crippen molar-refractivity contribution < 1.29 is 4.79 Å². The summed E-state index contributed by atoms with van der Waals surface area (Å²) in [6.07, 6.45) is 3.41. The molecule has 1 saturated carbocycles. The smallest absolute Gasteiger partial charge is 0.229 e. The first-order valence-electron chi connectivity index (χ1n) is 5.47. The van der Waals surface area contributed by atoms with Gasteiger partial charge < -0.3 is 4.90 Å². The van der Waals surface area contributed by atoms with Gasteiger partial charge in [-0.25, -0.2) is 0 Å². The second-order valence-corrected chi connectivity index (χ2v) is 4.12. The predicted octanol–water partition coefficient (Wildman–Crippen LogP) is 2.43. The Bertz CT molecular complexity index is 194. The molecule has 1 aliphatic heterocycles. The Hall–Kier alpha value is -0.530. The van der Waals surface area contributed by atoms with E-state index in [0.717, 1.165) is 25.8 Å². The highest BCUT2D eigenvalue weighted by atomic mass is 16.2. The summed E-state index contributed by atoms with van der Waals surface area (Å²) in [6, 6.07) is 0.405. The molecule has 0 bridgehead atoms. The molecule has 1 spiro atoms. The minimum absolute atomic E-state index is 0.143. The first-order valence-corrected chi connectivity index (χ1v) is 5.47. The topological polar surface area (TPSA) is 20.3 Å². The minimum atomic E-state index is 0.143. The van der Waals surface area contributed by atoms with Crippen LogP contribution in [0.4, 0.5) is 0 Å². The van der Waals surface area contributed by atoms with Crippen LogP contribution < -0.4 is 0 Å².